The van der Waals surface area contributed by atoms with Crippen LogP contribution in [0.15, 0.2) is 48.5 Å². The lowest BCUT2D eigenvalue weighted by molar-refractivity contribution is -0.141. The van der Waals surface area contributed by atoms with Crippen molar-refractivity contribution in [2.45, 2.75) is 19.9 Å². The Bertz CT molecular complexity index is 878. The van der Waals surface area contributed by atoms with Gasteiger partial charge in [-0.25, -0.2) is 0 Å². The molecule has 0 radical (unpaired) electrons. The summed E-state index contributed by atoms with van der Waals surface area (Å²) in [4.78, 5) is 37.5. The number of carbonyl (C=O) groups excluding carboxylic acids is 2. The van der Waals surface area contributed by atoms with Gasteiger partial charge in [-0.2, -0.15) is 0 Å². The van der Waals surface area contributed by atoms with Crippen molar-refractivity contribution in [3.63, 3.8) is 0 Å². The third kappa shape index (κ3) is 4.53. The van der Waals surface area contributed by atoms with Crippen LogP contribution in [0.3, 0.4) is 0 Å². The molecule has 0 spiro atoms. The van der Waals surface area contributed by atoms with Gasteiger partial charge in [0, 0.05) is 18.7 Å². The predicted octanol–water partition coefficient (Wildman–Crippen LogP) is 2.01. The first-order valence-corrected chi connectivity index (χ1v) is 8.86. The maximum absolute atomic E-state index is 12.3. The fourth-order valence-electron chi connectivity index (χ4n) is 3.28. The van der Waals surface area contributed by atoms with Gasteiger partial charge in [-0.3, -0.25) is 14.4 Å². The first kappa shape index (κ1) is 18.6. The molecule has 6 heteroatoms. The van der Waals surface area contributed by atoms with Gasteiger partial charge >= 0.3 is 5.97 Å². The summed E-state index contributed by atoms with van der Waals surface area (Å²) in [5, 5.41) is 12.1. The number of carboxylic acids is 1. The number of rotatable bonds is 7. The van der Waals surface area contributed by atoms with Gasteiger partial charge in [0.25, 0.3) is 5.91 Å². The molecule has 2 aromatic carbocycles. The van der Waals surface area contributed by atoms with Gasteiger partial charge < -0.3 is 15.3 Å². The minimum absolute atomic E-state index is 0.0249. The Kier molecular flexibility index (Phi) is 5.54. The highest BCUT2D eigenvalue weighted by atomic mass is 16.4. The molecule has 1 atom stereocenters. The van der Waals surface area contributed by atoms with Crippen LogP contribution in [0.1, 0.15) is 27.0 Å². The molecule has 0 fully saturated rings. The van der Waals surface area contributed by atoms with Crippen LogP contribution in [0.4, 0.5) is 0 Å². The van der Waals surface area contributed by atoms with Crippen molar-refractivity contribution in [2.24, 2.45) is 5.92 Å². The van der Waals surface area contributed by atoms with Crippen LogP contribution in [0.5, 0.6) is 0 Å². The summed E-state index contributed by atoms with van der Waals surface area (Å²) >= 11 is 0. The molecule has 27 heavy (non-hydrogen) atoms. The van der Waals surface area contributed by atoms with E-state index < -0.39 is 11.9 Å². The normalized spacial score (nSPS) is 14.0. The molecule has 0 saturated heterocycles. The number of hydrogen-bond donors (Lipinski definition) is 2. The molecule has 0 bridgehead atoms. The number of aliphatic carboxylic acids is 1. The summed E-state index contributed by atoms with van der Waals surface area (Å²) in [6.07, 6.45) is 0.339. The van der Waals surface area contributed by atoms with E-state index in [-0.39, 0.29) is 24.9 Å². The van der Waals surface area contributed by atoms with Gasteiger partial charge in [-0.15, -0.1) is 0 Å². The van der Waals surface area contributed by atoms with Crippen molar-refractivity contribution < 1.29 is 19.5 Å². The SMILES string of the molecule is Cc1cccc(CC(CNC(=O)CN2Cc3ccccc3C2=O)C(=O)O)c1. The average Bonchev–Trinajstić information content (AvgIpc) is 2.94. The van der Waals surface area contributed by atoms with Gasteiger partial charge in [0.05, 0.1) is 5.92 Å². The van der Waals surface area contributed by atoms with E-state index in [1.54, 1.807) is 12.1 Å². The standard InChI is InChI=1S/C21H22N2O4/c1-14-5-4-6-15(9-14)10-17(21(26)27)11-22-19(24)13-23-12-16-7-2-3-8-18(16)20(23)25/h2-9,17H,10-13H2,1H3,(H,22,24)(H,26,27). The van der Waals surface area contributed by atoms with Crippen molar-refractivity contribution in [3.05, 3.63) is 70.8 Å². The zero-order valence-corrected chi connectivity index (χ0v) is 15.1. The van der Waals surface area contributed by atoms with E-state index in [0.29, 0.717) is 18.5 Å². The van der Waals surface area contributed by atoms with Gasteiger partial charge in [0.2, 0.25) is 5.91 Å². The average molecular weight is 366 g/mol. The number of amides is 2. The molecule has 2 aromatic rings. The Hall–Kier alpha value is -3.15. The van der Waals surface area contributed by atoms with Gasteiger partial charge in [0.15, 0.2) is 0 Å². The van der Waals surface area contributed by atoms with Crippen molar-refractivity contribution in [1.29, 1.82) is 0 Å². The maximum Gasteiger partial charge on any atom is 0.308 e. The molecule has 140 valence electrons. The molecule has 1 heterocycles. The van der Waals surface area contributed by atoms with Crippen LogP contribution in [0.25, 0.3) is 0 Å². The summed E-state index contributed by atoms with van der Waals surface area (Å²) in [6.45, 7) is 2.29. The van der Waals surface area contributed by atoms with Crippen LogP contribution in [0, 0.1) is 12.8 Å². The second-order valence-electron chi connectivity index (χ2n) is 6.85. The number of carboxylic acid groups (broad SMARTS) is 1. The van der Waals surface area contributed by atoms with E-state index >= 15 is 0 Å². The molecule has 0 saturated carbocycles. The van der Waals surface area contributed by atoms with E-state index in [1.165, 1.54) is 4.90 Å². The van der Waals surface area contributed by atoms with Gasteiger partial charge in [-0.05, 0) is 30.5 Å². The molecule has 0 aromatic heterocycles. The highest BCUT2D eigenvalue weighted by molar-refractivity contribution is 6.00. The Morgan fingerprint density at radius 1 is 1.19 bits per heavy atom. The maximum atomic E-state index is 12.3. The first-order chi connectivity index (χ1) is 12.9. The molecule has 2 amide bonds. The monoisotopic (exact) mass is 366 g/mol. The van der Waals surface area contributed by atoms with Crippen molar-refractivity contribution in [1.82, 2.24) is 10.2 Å². The number of nitrogens with zero attached hydrogens (tertiary/aromatic N) is 1. The fraction of sp³-hybridized carbons (Fsp3) is 0.286. The van der Waals surface area contributed by atoms with E-state index in [1.807, 2.05) is 43.3 Å². The topological polar surface area (TPSA) is 86.7 Å². The summed E-state index contributed by atoms with van der Waals surface area (Å²) in [7, 11) is 0. The number of nitrogens with one attached hydrogen (secondary N) is 1. The molecule has 3 rings (SSSR count). The zero-order chi connectivity index (χ0) is 19.4. The quantitative estimate of drug-likeness (QED) is 0.785. The van der Waals surface area contributed by atoms with Crippen molar-refractivity contribution in [3.8, 4) is 0 Å². The largest absolute Gasteiger partial charge is 0.481 e. The molecule has 1 aliphatic heterocycles. The summed E-state index contributed by atoms with van der Waals surface area (Å²) in [5.74, 6) is -2.20. The Labute approximate surface area is 157 Å². The third-order valence-electron chi connectivity index (χ3n) is 4.69. The van der Waals surface area contributed by atoms with E-state index in [9.17, 15) is 19.5 Å². The summed E-state index contributed by atoms with van der Waals surface area (Å²) in [6, 6.07) is 14.9. The third-order valence-corrected chi connectivity index (χ3v) is 4.69. The predicted molar refractivity (Wildman–Crippen MR) is 100 cm³/mol. The fourth-order valence-corrected chi connectivity index (χ4v) is 3.28. The Balaban J connectivity index is 1.54. The van der Waals surface area contributed by atoms with Crippen LogP contribution < -0.4 is 5.32 Å². The highest BCUT2D eigenvalue weighted by Gasteiger charge is 2.28. The lowest BCUT2D eigenvalue weighted by Crippen LogP contribution is -2.40. The van der Waals surface area contributed by atoms with E-state index in [0.717, 1.165) is 16.7 Å². The molecule has 1 unspecified atom stereocenters. The number of hydrogen-bond acceptors (Lipinski definition) is 3. The second-order valence-corrected chi connectivity index (χ2v) is 6.85. The summed E-state index contributed by atoms with van der Waals surface area (Å²) in [5.41, 5.74) is 3.50. The molecule has 6 nitrogen and oxygen atoms in total. The lowest BCUT2D eigenvalue weighted by atomic mass is 9.98. The molecule has 1 aliphatic rings. The number of aryl methyl sites for hydroxylation is 1. The molecule has 2 N–H and O–H groups in total. The minimum atomic E-state index is -0.957. The second kappa shape index (κ2) is 8.03. The van der Waals surface area contributed by atoms with Crippen molar-refractivity contribution >= 4 is 17.8 Å². The van der Waals surface area contributed by atoms with Gasteiger partial charge in [-0.1, -0.05) is 48.0 Å². The smallest absolute Gasteiger partial charge is 0.308 e. The van der Waals surface area contributed by atoms with Crippen LogP contribution in [-0.2, 0) is 22.6 Å². The van der Waals surface area contributed by atoms with Crippen LogP contribution in [-0.4, -0.2) is 40.9 Å². The zero-order valence-electron chi connectivity index (χ0n) is 15.1. The Morgan fingerprint density at radius 2 is 1.96 bits per heavy atom. The molecule has 0 aliphatic carbocycles. The lowest BCUT2D eigenvalue weighted by Gasteiger charge is -2.17. The van der Waals surface area contributed by atoms with E-state index in [4.69, 9.17) is 0 Å². The van der Waals surface area contributed by atoms with E-state index in [2.05, 4.69) is 5.32 Å². The summed E-state index contributed by atoms with van der Waals surface area (Å²) < 4.78 is 0. The number of benzene rings is 2. The number of fused-ring (bicyclic) bond motifs is 1. The minimum Gasteiger partial charge on any atom is -0.481 e. The van der Waals surface area contributed by atoms with Crippen molar-refractivity contribution in [2.75, 3.05) is 13.1 Å². The molecular weight excluding hydrogens is 344 g/mol. The first-order valence-electron chi connectivity index (χ1n) is 8.86. The Morgan fingerprint density at radius 3 is 2.67 bits per heavy atom. The highest BCUT2D eigenvalue weighted by Crippen LogP contribution is 2.21. The van der Waals surface area contributed by atoms with Gasteiger partial charge in [0.1, 0.15) is 6.54 Å². The number of carbonyl (C=O) groups is 3. The van der Waals surface area contributed by atoms with Crippen LogP contribution in [0.2, 0.25) is 0 Å². The van der Waals surface area contributed by atoms with Crippen LogP contribution >= 0.6 is 0 Å². The molecular formula is C21H22N2O4.